The van der Waals surface area contributed by atoms with Crippen molar-refractivity contribution in [3.63, 3.8) is 0 Å². The van der Waals surface area contributed by atoms with Gasteiger partial charge in [0, 0.05) is 36.9 Å². The molecule has 2 fully saturated rings. The minimum Gasteiger partial charge on any atom is -0.465 e. The average Bonchev–Trinajstić information content (AvgIpc) is 3.31. The van der Waals surface area contributed by atoms with Crippen LogP contribution in [0.2, 0.25) is 0 Å². The van der Waals surface area contributed by atoms with E-state index in [1.54, 1.807) is 0 Å². The highest BCUT2D eigenvalue weighted by Crippen LogP contribution is 2.31. The van der Waals surface area contributed by atoms with E-state index in [1.165, 1.54) is 18.4 Å². The topological polar surface area (TPSA) is 53.8 Å². The van der Waals surface area contributed by atoms with Gasteiger partial charge in [-0.25, -0.2) is 0 Å². The molecule has 1 saturated carbocycles. The number of benzene rings is 1. The first-order valence-electron chi connectivity index (χ1n) is 14.1. The summed E-state index contributed by atoms with van der Waals surface area (Å²) in [5.41, 5.74) is 2.07. The molecule has 1 aliphatic heterocycles. The second kappa shape index (κ2) is 12.7. The largest absolute Gasteiger partial charge is 0.465 e. The Balaban J connectivity index is 1.26. The van der Waals surface area contributed by atoms with Gasteiger partial charge < -0.3 is 14.2 Å². The van der Waals surface area contributed by atoms with Crippen LogP contribution in [0.3, 0.4) is 0 Å². The number of furan rings is 1. The summed E-state index contributed by atoms with van der Waals surface area (Å²) in [5.74, 6) is 3.41. The number of hydrogen-bond donors (Lipinski definition) is 0. The van der Waals surface area contributed by atoms with E-state index in [2.05, 4.69) is 50.2 Å². The summed E-state index contributed by atoms with van der Waals surface area (Å²) in [6.45, 7) is 4.38. The molecule has 2 unspecified atom stereocenters. The fourth-order valence-electron chi connectivity index (χ4n) is 5.97. The fraction of sp³-hybridized carbons (Fsp3) is 0.613. The van der Waals surface area contributed by atoms with E-state index in [1.807, 2.05) is 17.0 Å². The van der Waals surface area contributed by atoms with Gasteiger partial charge in [-0.1, -0.05) is 50.5 Å². The third-order valence-corrected chi connectivity index (χ3v) is 8.19. The molecule has 2 atom stereocenters. The van der Waals surface area contributed by atoms with Crippen molar-refractivity contribution in [2.24, 2.45) is 17.8 Å². The first kappa shape index (κ1) is 26.7. The number of aryl methyl sites for hydroxylation is 1. The predicted octanol–water partition coefficient (Wildman–Crippen LogP) is 6.15. The van der Waals surface area contributed by atoms with E-state index in [-0.39, 0.29) is 17.6 Å². The number of nitrogens with zero attached hydrogens (tertiary/aromatic N) is 2. The summed E-state index contributed by atoms with van der Waals surface area (Å²) in [6, 6.07) is 12.3. The summed E-state index contributed by atoms with van der Waals surface area (Å²) in [7, 11) is 4.11. The van der Waals surface area contributed by atoms with E-state index in [0.29, 0.717) is 24.9 Å². The lowest BCUT2D eigenvalue weighted by Crippen LogP contribution is -2.43. The molecule has 5 heteroatoms. The third-order valence-electron chi connectivity index (χ3n) is 8.19. The van der Waals surface area contributed by atoms with Crippen LogP contribution in [0.1, 0.15) is 85.7 Å². The van der Waals surface area contributed by atoms with E-state index in [0.717, 1.165) is 75.0 Å². The van der Waals surface area contributed by atoms with Crippen LogP contribution in [0.25, 0.3) is 0 Å². The zero-order chi connectivity index (χ0) is 25.5. The quantitative estimate of drug-likeness (QED) is 0.415. The molecule has 196 valence electrons. The molecule has 0 radical (unpaired) electrons. The summed E-state index contributed by atoms with van der Waals surface area (Å²) < 4.78 is 6.07. The predicted molar refractivity (Wildman–Crippen MR) is 144 cm³/mol. The molecular formula is C31H44N2O3. The Morgan fingerprint density at radius 1 is 0.861 bits per heavy atom. The van der Waals surface area contributed by atoms with Crippen molar-refractivity contribution in [1.29, 1.82) is 0 Å². The van der Waals surface area contributed by atoms with Crippen molar-refractivity contribution in [2.45, 2.75) is 77.7 Å². The Kier molecular flexibility index (Phi) is 9.41. The molecule has 1 aliphatic carbocycles. The Hall–Kier alpha value is -2.40. The van der Waals surface area contributed by atoms with Crippen molar-refractivity contribution in [1.82, 2.24) is 9.80 Å². The van der Waals surface area contributed by atoms with Crippen molar-refractivity contribution < 1.29 is 14.0 Å². The number of rotatable bonds is 8. The number of amides is 1. The van der Waals surface area contributed by atoms with Gasteiger partial charge >= 0.3 is 0 Å². The number of hydrogen-bond acceptors (Lipinski definition) is 4. The van der Waals surface area contributed by atoms with E-state index >= 15 is 0 Å². The number of likely N-dealkylation sites (tertiary alicyclic amines) is 1. The first-order chi connectivity index (χ1) is 17.4. The lowest BCUT2D eigenvalue weighted by Gasteiger charge is -2.35. The van der Waals surface area contributed by atoms with E-state index in [4.69, 9.17) is 4.42 Å². The van der Waals surface area contributed by atoms with Crippen molar-refractivity contribution in [3.8, 4) is 0 Å². The van der Waals surface area contributed by atoms with E-state index < -0.39 is 0 Å². The summed E-state index contributed by atoms with van der Waals surface area (Å²) in [6.07, 6.45) is 10.1. The molecule has 1 amide bonds. The smallest absolute Gasteiger partial charge is 0.225 e. The number of ketones is 1. The highest BCUT2D eigenvalue weighted by molar-refractivity contribution is 5.98. The van der Waals surface area contributed by atoms with Gasteiger partial charge in [-0.3, -0.25) is 9.59 Å². The lowest BCUT2D eigenvalue weighted by molar-refractivity contribution is -0.137. The monoisotopic (exact) mass is 492 g/mol. The van der Waals surface area contributed by atoms with Crippen LogP contribution in [0, 0.1) is 17.8 Å². The number of carbonyl (C=O) groups is 2. The molecule has 5 nitrogen and oxygen atoms in total. The summed E-state index contributed by atoms with van der Waals surface area (Å²) >= 11 is 0. The second-order valence-corrected chi connectivity index (χ2v) is 11.2. The van der Waals surface area contributed by atoms with Crippen LogP contribution in [0.5, 0.6) is 0 Å². The molecule has 2 aromatic rings. The maximum Gasteiger partial charge on any atom is 0.225 e. The molecule has 0 N–H and O–H groups in total. The maximum absolute atomic E-state index is 13.4. The zero-order valence-corrected chi connectivity index (χ0v) is 22.5. The van der Waals surface area contributed by atoms with Crippen LogP contribution in [0.15, 0.2) is 40.8 Å². The fourth-order valence-corrected chi connectivity index (χ4v) is 5.97. The van der Waals surface area contributed by atoms with Crippen LogP contribution in [-0.4, -0.2) is 48.7 Å². The van der Waals surface area contributed by atoms with Crippen molar-refractivity contribution in [3.05, 3.63) is 59.0 Å². The van der Waals surface area contributed by atoms with Gasteiger partial charge in [0.15, 0.2) is 5.78 Å². The van der Waals surface area contributed by atoms with Gasteiger partial charge in [-0.05, 0) is 76.2 Å². The number of piperidine rings is 1. The molecular weight excluding hydrogens is 448 g/mol. The SMILES string of the molecule is CCc1ccc(C(=O)C2CCN(C(=O)C3CCCCC(Cc4ccc(CN(C)C)o4)CC3)CC2)cc1. The van der Waals surface area contributed by atoms with Gasteiger partial charge in [0.2, 0.25) is 5.91 Å². The zero-order valence-electron chi connectivity index (χ0n) is 22.5. The Morgan fingerprint density at radius 2 is 1.56 bits per heavy atom. The molecule has 2 heterocycles. The first-order valence-corrected chi connectivity index (χ1v) is 14.1. The minimum absolute atomic E-state index is 0.0360. The number of Topliss-reactive ketones (excluding diaryl/α,β-unsaturated/α-hetero) is 1. The van der Waals surface area contributed by atoms with Gasteiger partial charge in [-0.15, -0.1) is 0 Å². The molecule has 0 bridgehead atoms. The van der Waals surface area contributed by atoms with Gasteiger partial charge in [0.1, 0.15) is 11.5 Å². The Labute approximate surface area is 217 Å². The maximum atomic E-state index is 13.4. The Bertz CT molecular complexity index is 986. The summed E-state index contributed by atoms with van der Waals surface area (Å²) in [4.78, 5) is 30.6. The highest BCUT2D eigenvalue weighted by atomic mass is 16.3. The molecule has 1 aromatic carbocycles. The molecule has 1 saturated heterocycles. The average molecular weight is 493 g/mol. The molecule has 0 spiro atoms. The number of carbonyl (C=O) groups excluding carboxylic acids is 2. The van der Waals surface area contributed by atoms with Crippen LogP contribution in [0.4, 0.5) is 0 Å². The lowest BCUT2D eigenvalue weighted by atomic mass is 9.82. The third kappa shape index (κ3) is 7.09. The van der Waals surface area contributed by atoms with Crippen LogP contribution < -0.4 is 0 Å². The van der Waals surface area contributed by atoms with Gasteiger partial charge in [0.25, 0.3) is 0 Å². The molecule has 2 aliphatic rings. The standard InChI is InChI=1S/C31H44N2O3/c1-4-23-9-12-25(13-10-23)30(34)26-17-19-33(20-18-26)31(35)27-8-6-5-7-24(11-14-27)21-28-15-16-29(36-28)22-32(2)3/h9-10,12-13,15-16,24,26-27H,4-8,11,14,17-22H2,1-3H3. The van der Waals surface area contributed by atoms with Gasteiger partial charge in [-0.2, -0.15) is 0 Å². The van der Waals surface area contributed by atoms with Crippen LogP contribution >= 0.6 is 0 Å². The molecule has 4 rings (SSSR count). The normalized spacial score (nSPS) is 21.8. The second-order valence-electron chi connectivity index (χ2n) is 11.2. The molecule has 36 heavy (non-hydrogen) atoms. The Morgan fingerprint density at radius 3 is 2.25 bits per heavy atom. The van der Waals surface area contributed by atoms with E-state index in [9.17, 15) is 9.59 Å². The molecule has 1 aromatic heterocycles. The minimum atomic E-state index is 0.0360. The van der Waals surface area contributed by atoms with Crippen molar-refractivity contribution in [2.75, 3.05) is 27.2 Å². The van der Waals surface area contributed by atoms with Crippen molar-refractivity contribution >= 4 is 11.7 Å². The van der Waals surface area contributed by atoms with Crippen LogP contribution in [-0.2, 0) is 24.2 Å². The summed E-state index contributed by atoms with van der Waals surface area (Å²) in [5, 5.41) is 0. The highest BCUT2D eigenvalue weighted by Gasteiger charge is 2.32. The van der Waals surface area contributed by atoms with Gasteiger partial charge in [0.05, 0.1) is 6.54 Å².